The zero-order chi connectivity index (χ0) is 13.8. The first-order valence-electron chi connectivity index (χ1n) is 6.97. The SMILES string of the molecule is CNCc1ccc(N(C)C2CCCCC2O)cc1Cl. The minimum absolute atomic E-state index is 0.208. The lowest BCUT2D eigenvalue weighted by atomic mass is 9.91. The van der Waals surface area contributed by atoms with Crippen molar-refractivity contribution in [3.8, 4) is 0 Å². The molecule has 0 heterocycles. The summed E-state index contributed by atoms with van der Waals surface area (Å²) in [4.78, 5) is 2.17. The first kappa shape index (κ1) is 14.6. The molecule has 0 saturated heterocycles. The van der Waals surface area contributed by atoms with E-state index in [1.54, 1.807) is 0 Å². The highest BCUT2D eigenvalue weighted by atomic mass is 35.5. The Labute approximate surface area is 120 Å². The first-order valence-corrected chi connectivity index (χ1v) is 7.35. The van der Waals surface area contributed by atoms with E-state index in [9.17, 15) is 5.11 Å². The molecule has 0 amide bonds. The van der Waals surface area contributed by atoms with Gasteiger partial charge in [-0.15, -0.1) is 0 Å². The molecule has 2 N–H and O–H groups in total. The van der Waals surface area contributed by atoms with E-state index in [2.05, 4.69) is 22.3 Å². The number of aliphatic hydroxyl groups excluding tert-OH is 1. The van der Waals surface area contributed by atoms with Gasteiger partial charge in [-0.05, 0) is 37.6 Å². The number of benzene rings is 1. The Bertz CT molecular complexity index is 425. The zero-order valence-corrected chi connectivity index (χ0v) is 12.5. The highest BCUT2D eigenvalue weighted by molar-refractivity contribution is 6.31. The number of hydrogen-bond donors (Lipinski definition) is 2. The van der Waals surface area contributed by atoms with Crippen LogP contribution in [0.3, 0.4) is 0 Å². The molecular weight excluding hydrogens is 260 g/mol. The van der Waals surface area contributed by atoms with Crippen molar-refractivity contribution in [2.75, 3.05) is 19.0 Å². The number of likely N-dealkylation sites (N-methyl/N-ethyl adjacent to an activating group) is 1. The van der Waals surface area contributed by atoms with Crippen molar-refractivity contribution >= 4 is 17.3 Å². The topological polar surface area (TPSA) is 35.5 Å². The van der Waals surface area contributed by atoms with Crippen LogP contribution in [0.15, 0.2) is 18.2 Å². The Balaban J connectivity index is 2.14. The van der Waals surface area contributed by atoms with E-state index in [0.29, 0.717) is 0 Å². The molecule has 0 bridgehead atoms. The molecule has 3 nitrogen and oxygen atoms in total. The molecule has 1 aliphatic carbocycles. The van der Waals surface area contributed by atoms with Crippen LogP contribution in [0.5, 0.6) is 0 Å². The molecule has 1 saturated carbocycles. The minimum atomic E-state index is -0.227. The fourth-order valence-electron chi connectivity index (χ4n) is 2.82. The standard InChI is InChI=1S/C15H23ClN2O/c1-17-10-11-7-8-12(9-13(11)16)18(2)14-5-3-4-6-15(14)19/h7-9,14-15,17,19H,3-6,10H2,1-2H3. The third-order valence-corrected chi connectivity index (χ3v) is 4.35. The minimum Gasteiger partial charge on any atom is -0.391 e. The smallest absolute Gasteiger partial charge is 0.0743 e. The molecule has 1 aliphatic rings. The Morgan fingerprint density at radius 3 is 2.74 bits per heavy atom. The Morgan fingerprint density at radius 1 is 1.37 bits per heavy atom. The number of hydrogen-bond acceptors (Lipinski definition) is 3. The van der Waals surface area contributed by atoms with Gasteiger partial charge in [0, 0.05) is 24.3 Å². The van der Waals surface area contributed by atoms with Crippen LogP contribution in [-0.2, 0) is 6.54 Å². The molecule has 2 rings (SSSR count). The van der Waals surface area contributed by atoms with Crippen LogP contribution in [0.2, 0.25) is 5.02 Å². The Morgan fingerprint density at radius 2 is 2.11 bits per heavy atom. The summed E-state index contributed by atoms with van der Waals surface area (Å²) in [5, 5.41) is 14.0. The Kier molecular flexibility index (Phi) is 5.08. The lowest BCUT2D eigenvalue weighted by Crippen LogP contribution is -2.43. The van der Waals surface area contributed by atoms with E-state index in [1.807, 2.05) is 20.2 Å². The molecule has 0 aromatic heterocycles. The van der Waals surface area contributed by atoms with Gasteiger partial charge in [-0.3, -0.25) is 0 Å². The molecule has 1 aromatic carbocycles. The van der Waals surface area contributed by atoms with Gasteiger partial charge in [0.2, 0.25) is 0 Å². The normalized spacial score (nSPS) is 23.4. The average Bonchev–Trinajstić information content (AvgIpc) is 2.41. The maximum Gasteiger partial charge on any atom is 0.0743 e. The van der Waals surface area contributed by atoms with E-state index in [0.717, 1.165) is 42.1 Å². The molecule has 2 unspecified atom stereocenters. The van der Waals surface area contributed by atoms with Crippen molar-refractivity contribution in [1.29, 1.82) is 0 Å². The summed E-state index contributed by atoms with van der Waals surface area (Å²) in [5.41, 5.74) is 2.18. The van der Waals surface area contributed by atoms with Crippen LogP contribution in [0.1, 0.15) is 31.2 Å². The molecule has 4 heteroatoms. The van der Waals surface area contributed by atoms with Crippen molar-refractivity contribution in [3.63, 3.8) is 0 Å². The predicted octanol–water partition coefficient (Wildman–Crippen LogP) is 2.80. The van der Waals surface area contributed by atoms with Gasteiger partial charge < -0.3 is 15.3 Å². The van der Waals surface area contributed by atoms with Gasteiger partial charge in [-0.25, -0.2) is 0 Å². The fraction of sp³-hybridized carbons (Fsp3) is 0.600. The fourth-order valence-corrected chi connectivity index (χ4v) is 3.07. The number of rotatable bonds is 4. The van der Waals surface area contributed by atoms with Crippen LogP contribution in [-0.4, -0.2) is 31.3 Å². The third-order valence-electron chi connectivity index (χ3n) is 4.00. The molecule has 0 spiro atoms. The molecule has 1 aromatic rings. The van der Waals surface area contributed by atoms with E-state index < -0.39 is 0 Å². The van der Waals surface area contributed by atoms with Crippen LogP contribution in [0, 0.1) is 0 Å². The number of halogens is 1. The van der Waals surface area contributed by atoms with Crippen molar-refractivity contribution < 1.29 is 5.11 Å². The largest absolute Gasteiger partial charge is 0.391 e. The summed E-state index contributed by atoms with van der Waals surface area (Å²) in [7, 11) is 3.96. The van der Waals surface area contributed by atoms with Crippen LogP contribution in [0.25, 0.3) is 0 Å². The van der Waals surface area contributed by atoms with Gasteiger partial charge in [-0.2, -0.15) is 0 Å². The zero-order valence-electron chi connectivity index (χ0n) is 11.7. The van der Waals surface area contributed by atoms with E-state index in [4.69, 9.17) is 11.6 Å². The van der Waals surface area contributed by atoms with Gasteiger partial charge in [0.1, 0.15) is 0 Å². The summed E-state index contributed by atoms with van der Waals surface area (Å²) < 4.78 is 0. The van der Waals surface area contributed by atoms with Gasteiger partial charge in [-0.1, -0.05) is 30.5 Å². The lowest BCUT2D eigenvalue weighted by Gasteiger charge is -2.36. The maximum atomic E-state index is 10.1. The third kappa shape index (κ3) is 3.41. The molecule has 1 fully saturated rings. The number of aliphatic hydroxyl groups is 1. The molecule has 0 radical (unpaired) electrons. The van der Waals surface area contributed by atoms with Crippen LogP contribution < -0.4 is 10.2 Å². The average molecular weight is 283 g/mol. The van der Waals surface area contributed by atoms with E-state index in [-0.39, 0.29) is 12.1 Å². The molecule has 0 aliphatic heterocycles. The second kappa shape index (κ2) is 6.60. The number of anilines is 1. The quantitative estimate of drug-likeness (QED) is 0.891. The highest BCUT2D eigenvalue weighted by Crippen LogP contribution is 2.29. The lowest BCUT2D eigenvalue weighted by molar-refractivity contribution is 0.106. The van der Waals surface area contributed by atoms with Gasteiger partial charge in [0.05, 0.1) is 12.1 Å². The summed E-state index contributed by atoms with van der Waals surface area (Å²) in [6, 6.07) is 6.34. The number of nitrogens with one attached hydrogen (secondary N) is 1. The van der Waals surface area contributed by atoms with Crippen LogP contribution >= 0.6 is 11.6 Å². The summed E-state index contributed by atoms with van der Waals surface area (Å²) in [6.07, 6.45) is 4.05. The van der Waals surface area contributed by atoms with Gasteiger partial charge >= 0.3 is 0 Å². The van der Waals surface area contributed by atoms with Crippen LogP contribution in [0.4, 0.5) is 5.69 Å². The van der Waals surface area contributed by atoms with Crippen molar-refractivity contribution in [2.45, 2.75) is 44.4 Å². The Hall–Kier alpha value is -0.770. The van der Waals surface area contributed by atoms with Gasteiger partial charge in [0.15, 0.2) is 0 Å². The number of nitrogens with zero attached hydrogens (tertiary/aromatic N) is 1. The summed E-state index contributed by atoms with van der Waals surface area (Å²) in [5.74, 6) is 0. The van der Waals surface area contributed by atoms with Crippen molar-refractivity contribution in [3.05, 3.63) is 28.8 Å². The predicted molar refractivity (Wildman–Crippen MR) is 80.9 cm³/mol. The van der Waals surface area contributed by atoms with E-state index >= 15 is 0 Å². The van der Waals surface area contributed by atoms with Crippen molar-refractivity contribution in [2.24, 2.45) is 0 Å². The summed E-state index contributed by atoms with van der Waals surface area (Å²) >= 11 is 6.30. The molecule has 2 atom stereocenters. The molecular formula is C15H23ClN2O. The van der Waals surface area contributed by atoms with Gasteiger partial charge in [0.25, 0.3) is 0 Å². The summed E-state index contributed by atoms with van der Waals surface area (Å²) in [6.45, 7) is 0.773. The molecule has 106 valence electrons. The second-order valence-corrected chi connectivity index (χ2v) is 5.74. The monoisotopic (exact) mass is 282 g/mol. The van der Waals surface area contributed by atoms with Crippen molar-refractivity contribution in [1.82, 2.24) is 5.32 Å². The second-order valence-electron chi connectivity index (χ2n) is 5.34. The first-order chi connectivity index (χ1) is 9.13. The maximum absolute atomic E-state index is 10.1. The highest BCUT2D eigenvalue weighted by Gasteiger charge is 2.26. The molecule has 19 heavy (non-hydrogen) atoms. The van der Waals surface area contributed by atoms with E-state index in [1.165, 1.54) is 6.42 Å².